The van der Waals surface area contributed by atoms with E-state index < -0.39 is 0 Å². The zero-order chi connectivity index (χ0) is 14.8. The lowest BCUT2D eigenvalue weighted by molar-refractivity contribution is 0.299. The topological polar surface area (TPSA) is 50.9 Å². The molecule has 0 aliphatic rings. The van der Waals surface area contributed by atoms with Gasteiger partial charge in [0.05, 0.1) is 5.52 Å². The number of fused-ring (bicyclic) bond motifs is 1. The average molecular weight is 281 g/mol. The van der Waals surface area contributed by atoms with Gasteiger partial charge in [-0.2, -0.15) is 0 Å². The van der Waals surface area contributed by atoms with Crippen molar-refractivity contribution in [3.8, 4) is 11.5 Å². The number of hydrogen-bond acceptors (Lipinski definition) is 3. The molecule has 108 valence electrons. The largest absolute Gasteiger partial charge is 0.396 e. The second kappa shape index (κ2) is 5.66. The number of aliphatic hydroxyl groups is 1. The van der Waals surface area contributed by atoms with Crippen LogP contribution < -0.4 is 0 Å². The number of aromatic nitrogens is 3. The molecule has 0 saturated heterocycles. The molecule has 0 spiro atoms. The van der Waals surface area contributed by atoms with Crippen molar-refractivity contribution < 1.29 is 5.11 Å². The van der Waals surface area contributed by atoms with E-state index in [2.05, 4.69) is 35.5 Å². The molecule has 1 aromatic carbocycles. The molecular weight excluding hydrogens is 262 g/mol. The smallest absolute Gasteiger partial charge is 0.158 e. The number of nitrogens with zero attached hydrogens (tertiary/aromatic N) is 3. The molecule has 1 N–H and O–H groups in total. The third kappa shape index (κ3) is 2.54. The number of imidazole rings is 1. The Morgan fingerprint density at radius 1 is 1.24 bits per heavy atom. The van der Waals surface area contributed by atoms with Crippen LogP contribution in [0.1, 0.15) is 18.1 Å². The van der Waals surface area contributed by atoms with Gasteiger partial charge in [0, 0.05) is 30.9 Å². The minimum atomic E-state index is 0.171. The summed E-state index contributed by atoms with van der Waals surface area (Å²) in [6.45, 7) is 5.24. The summed E-state index contributed by atoms with van der Waals surface area (Å²) in [6, 6.07) is 8.25. The number of benzene rings is 1. The first-order valence-electron chi connectivity index (χ1n) is 7.25. The third-order valence-corrected chi connectivity index (χ3v) is 3.77. The van der Waals surface area contributed by atoms with E-state index in [0.717, 1.165) is 34.5 Å². The van der Waals surface area contributed by atoms with Crippen LogP contribution in [-0.4, -0.2) is 26.2 Å². The fourth-order valence-corrected chi connectivity index (χ4v) is 2.64. The SMILES string of the molecule is CCn1ccnc1-c1cc(C)c2cc(CCO)ccc2n1. The summed E-state index contributed by atoms with van der Waals surface area (Å²) in [5.41, 5.74) is 4.19. The van der Waals surface area contributed by atoms with Gasteiger partial charge in [0.25, 0.3) is 0 Å². The lowest BCUT2D eigenvalue weighted by atomic mass is 10.0. The third-order valence-electron chi connectivity index (χ3n) is 3.77. The highest BCUT2D eigenvalue weighted by molar-refractivity contribution is 5.85. The van der Waals surface area contributed by atoms with Gasteiger partial charge >= 0.3 is 0 Å². The number of hydrogen-bond donors (Lipinski definition) is 1. The molecule has 0 atom stereocenters. The summed E-state index contributed by atoms with van der Waals surface area (Å²) >= 11 is 0. The maximum Gasteiger partial charge on any atom is 0.158 e. The Morgan fingerprint density at radius 3 is 2.86 bits per heavy atom. The van der Waals surface area contributed by atoms with E-state index in [-0.39, 0.29) is 6.61 Å². The van der Waals surface area contributed by atoms with E-state index in [1.807, 2.05) is 24.5 Å². The highest BCUT2D eigenvalue weighted by Crippen LogP contribution is 2.24. The predicted octanol–water partition coefficient (Wildman–Crippen LogP) is 2.96. The van der Waals surface area contributed by atoms with Gasteiger partial charge in [0.2, 0.25) is 0 Å². The number of rotatable bonds is 4. The molecular formula is C17H19N3O. The molecule has 2 heterocycles. The molecule has 21 heavy (non-hydrogen) atoms. The lowest BCUT2D eigenvalue weighted by Gasteiger charge is -2.09. The van der Waals surface area contributed by atoms with Crippen molar-refractivity contribution in [2.45, 2.75) is 26.8 Å². The fraction of sp³-hybridized carbons (Fsp3) is 0.294. The maximum atomic E-state index is 9.06. The van der Waals surface area contributed by atoms with E-state index in [0.29, 0.717) is 6.42 Å². The Bertz CT molecular complexity index is 777. The summed E-state index contributed by atoms with van der Waals surface area (Å²) in [7, 11) is 0. The standard InChI is InChI=1S/C17H19N3O/c1-3-20-8-7-18-17(20)16-10-12(2)14-11-13(6-9-21)4-5-15(14)19-16/h4-5,7-8,10-11,21H,3,6,9H2,1-2H3. The van der Waals surface area contributed by atoms with Crippen molar-refractivity contribution in [2.75, 3.05) is 6.61 Å². The highest BCUT2D eigenvalue weighted by Gasteiger charge is 2.10. The van der Waals surface area contributed by atoms with Crippen LogP contribution in [0.4, 0.5) is 0 Å². The van der Waals surface area contributed by atoms with Crippen LogP contribution in [0.2, 0.25) is 0 Å². The summed E-state index contributed by atoms with van der Waals surface area (Å²) in [6.07, 6.45) is 4.46. The second-order valence-electron chi connectivity index (χ2n) is 5.19. The molecule has 2 aromatic heterocycles. The van der Waals surface area contributed by atoms with E-state index in [1.165, 1.54) is 5.56 Å². The molecule has 0 radical (unpaired) electrons. The summed E-state index contributed by atoms with van der Waals surface area (Å²) in [5.74, 6) is 0.905. The number of aryl methyl sites for hydroxylation is 2. The van der Waals surface area contributed by atoms with Gasteiger partial charge in [0.15, 0.2) is 5.82 Å². The second-order valence-corrected chi connectivity index (χ2v) is 5.19. The zero-order valence-electron chi connectivity index (χ0n) is 12.4. The van der Waals surface area contributed by atoms with Gasteiger partial charge in [-0.25, -0.2) is 9.97 Å². The van der Waals surface area contributed by atoms with Gasteiger partial charge in [-0.3, -0.25) is 0 Å². The van der Waals surface area contributed by atoms with Gasteiger partial charge in [-0.05, 0) is 49.6 Å². The Labute approximate surface area is 124 Å². The normalized spacial score (nSPS) is 11.2. The minimum Gasteiger partial charge on any atom is -0.396 e. The quantitative estimate of drug-likeness (QED) is 0.800. The van der Waals surface area contributed by atoms with E-state index >= 15 is 0 Å². The van der Waals surface area contributed by atoms with Gasteiger partial charge < -0.3 is 9.67 Å². The highest BCUT2D eigenvalue weighted by atomic mass is 16.2. The Kier molecular flexibility index (Phi) is 3.71. The summed E-state index contributed by atoms with van der Waals surface area (Å²) < 4.78 is 2.09. The Hall–Kier alpha value is -2.20. The molecule has 0 unspecified atom stereocenters. The molecule has 0 fully saturated rings. The van der Waals surface area contributed by atoms with Crippen LogP contribution >= 0.6 is 0 Å². The van der Waals surface area contributed by atoms with Crippen LogP contribution in [0.3, 0.4) is 0 Å². The first kappa shape index (κ1) is 13.8. The molecule has 0 aliphatic heterocycles. The number of pyridine rings is 1. The molecule has 3 aromatic rings. The minimum absolute atomic E-state index is 0.171. The van der Waals surface area contributed by atoms with Crippen LogP contribution in [-0.2, 0) is 13.0 Å². The van der Waals surface area contributed by atoms with Gasteiger partial charge in [0.1, 0.15) is 5.69 Å². The predicted molar refractivity (Wildman–Crippen MR) is 84.2 cm³/mol. The first-order chi connectivity index (χ1) is 10.2. The molecule has 4 heteroatoms. The Balaban J connectivity index is 2.13. The zero-order valence-corrected chi connectivity index (χ0v) is 12.4. The van der Waals surface area contributed by atoms with Crippen molar-refractivity contribution in [3.63, 3.8) is 0 Å². The molecule has 0 amide bonds. The van der Waals surface area contributed by atoms with Gasteiger partial charge in [-0.15, -0.1) is 0 Å². The monoisotopic (exact) mass is 281 g/mol. The first-order valence-corrected chi connectivity index (χ1v) is 7.25. The molecule has 0 saturated carbocycles. The summed E-state index contributed by atoms with van der Waals surface area (Å²) in [4.78, 5) is 9.16. The Morgan fingerprint density at radius 2 is 2.10 bits per heavy atom. The molecule has 0 bridgehead atoms. The summed E-state index contributed by atoms with van der Waals surface area (Å²) in [5, 5.41) is 10.2. The van der Waals surface area contributed by atoms with Crippen molar-refractivity contribution in [3.05, 3.63) is 47.8 Å². The van der Waals surface area contributed by atoms with E-state index in [1.54, 1.807) is 0 Å². The van der Waals surface area contributed by atoms with E-state index in [4.69, 9.17) is 10.1 Å². The molecule has 0 aliphatic carbocycles. The van der Waals surface area contributed by atoms with Crippen LogP contribution in [0.15, 0.2) is 36.7 Å². The average Bonchev–Trinajstić information content (AvgIpc) is 2.96. The van der Waals surface area contributed by atoms with Crippen LogP contribution in [0.25, 0.3) is 22.4 Å². The lowest BCUT2D eigenvalue weighted by Crippen LogP contribution is -1.99. The van der Waals surface area contributed by atoms with Crippen molar-refractivity contribution in [2.24, 2.45) is 0 Å². The molecule has 3 rings (SSSR count). The maximum absolute atomic E-state index is 9.06. The van der Waals surface area contributed by atoms with Crippen molar-refractivity contribution in [1.29, 1.82) is 0 Å². The van der Waals surface area contributed by atoms with Gasteiger partial charge in [-0.1, -0.05) is 6.07 Å². The molecule has 4 nitrogen and oxygen atoms in total. The fourth-order valence-electron chi connectivity index (χ4n) is 2.64. The number of aliphatic hydroxyl groups excluding tert-OH is 1. The van der Waals surface area contributed by atoms with Crippen molar-refractivity contribution in [1.82, 2.24) is 14.5 Å². The van der Waals surface area contributed by atoms with Crippen LogP contribution in [0, 0.1) is 6.92 Å². The van der Waals surface area contributed by atoms with E-state index in [9.17, 15) is 0 Å². The van der Waals surface area contributed by atoms with Crippen molar-refractivity contribution >= 4 is 10.9 Å². The van der Waals surface area contributed by atoms with Crippen LogP contribution in [0.5, 0.6) is 0 Å².